The van der Waals surface area contributed by atoms with E-state index in [-0.39, 0.29) is 18.3 Å². The van der Waals surface area contributed by atoms with E-state index in [2.05, 4.69) is 16.1 Å². The number of carbonyl (C=O) groups excluding carboxylic acids is 1. The Morgan fingerprint density at radius 3 is 2.48 bits per heavy atom. The van der Waals surface area contributed by atoms with Crippen molar-refractivity contribution in [2.45, 2.75) is 13.5 Å². The van der Waals surface area contributed by atoms with Crippen LogP contribution in [0.3, 0.4) is 0 Å². The summed E-state index contributed by atoms with van der Waals surface area (Å²) in [6.45, 7) is 2.15. The summed E-state index contributed by atoms with van der Waals surface area (Å²) in [6, 6.07) is 16.9. The third-order valence-electron chi connectivity index (χ3n) is 4.90. The molecule has 0 bridgehead atoms. The van der Waals surface area contributed by atoms with Crippen LogP contribution in [0.15, 0.2) is 60.7 Å². The van der Waals surface area contributed by atoms with Gasteiger partial charge in [0.25, 0.3) is 5.69 Å². The fraction of sp³-hybridized carbons (Fsp3) is 0.143. The molecule has 0 atom stereocenters. The second-order valence-electron chi connectivity index (χ2n) is 6.93. The molecular weight excluding hydrogens is 400 g/mol. The SMILES string of the molecule is Cc1cccc(N2NNN(C)C2=O)c1COc1cccc(-c2ccc([N+](=O)[O-])cc2)n1. The number of hydrogen-bond donors (Lipinski definition) is 2. The van der Waals surface area contributed by atoms with E-state index in [1.54, 1.807) is 25.2 Å². The van der Waals surface area contributed by atoms with Crippen molar-refractivity contribution >= 4 is 17.4 Å². The third-order valence-corrected chi connectivity index (χ3v) is 4.90. The molecule has 0 spiro atoms. The molecule has 1 fully saturated rings. The van der Waals surface area contributed by atoms with Crippen molar-refractivity contribution < 1.29 is 14.5 Å². The first kappa shape index (κ1) is 20.3. The first-order chi connectivity index (χ1) is 14.9. The highest BCUT2D eigenvalue weighted by Crippen LogP contribution is 2.27. The Bertz CT molecular complexity index is 1130. The number of hydrazine groups is 3. The summed E-state index contributed by atoms with van der Waals surface area (Å²) in [5, 5.41) is 13.6. The van der Waals surface area contributed by atoms with Crippen molar-refractivity contribution in [1.82, 2.24) is 21.1 Å². The molecule has 10 heteroatoms. The van der Waals surface area contributed by atoms with E-state index in [0.717, 1.165) is 16.7 Å². The highest BCUT2D eigenvalue weighted by molar-refractivity contribution is 5.92. The predicted octanol–water partition coefficient (Wildman–Crippen LogP) is 3.34. The van der Waals surface area contributed by atoms with Crippen LogP contribution < -0.4 is 20.8 Å². The number of hydrogen-bond acceptors (Lipinski definition) is 7. The molecule has 3 aromatic rings. The number of anilines is 1. The largest absolute Gasteiger partial charge is 0.473 e. The number of nitro groups is 1. The van der Waals surface area contributed by atoms with E-state index >= 15 is 0 Å². The number of pyridine rings is 1. The molecule has 0 aliphatic carbocycles. The number of urea groups is 1. The summed E-state index contributed by atoms with van der Waals surface area (Å²) >= 11 is 0. The minimum absolute atomic E-state index is 0.0217. The second-order valence-corrected chi connectivity index (χ2v) is 6.93. The number of aryl methyl sites for hydroxylation is 1. The number of non-ortho nitro benzene ring substituents is 1. The molecule has 1 aliphatic heterocycles. The summed E-state index contributed by atoms with van der Waals surface area (Å²) in [7, 11) is 1.62. The van der Waals surface area contributed by atoms with Gasteiger partial charge >= 0.3 is 6.03 Å². The number of nitro benzene ring substituents is 1. The zero-order chi connectivity index (χ0) is 22.0. The molecule has 1 aliphatic rings. The molecule has 2 amide bonds. The Balaban J connectivity index is 1.55. The van der Waals surface area contributed by atoms with Gasteiger partial charge in [-0.25, -0.2) is 19.8 Å². The Labute approximate surface area is 178 Å². The first-order valence-electron chi connectivity index (χ1n) is 9.46. The first-order valence-corrected chi connectivity index (χ1v) is 9.46. The van der Waals surface area contributed by atoms with Gasteiger partial charge < -0.3 is 4.74 Å². The molecule has 0 radical (unpaired) electrons. The van der Waals surface area contributed by atoms with E-state index in [0.29, 0.717) is 17.3 Å². The highest BCUT2D eigenvalue weighted by Gasteiger charge is 2.28. The van der Waals surface area contributed by atoms with Gasteiger partial charge in [-0.2, -0.15) is 0 Å². The molecule has 2 heterocycles. The summed E-state index contributed by atoms with van der Waals surface area (Å²) < 4.78 is 5.94. The number of carbonyl (C=O) groups is 1. The molecule has 0 saturated carbocycles. The van der Waals surface area contributed by atoms with Crippen LogP contribution in [-0.4, -0.2) is 28.0 Å². The maximum Gasteiger partial charge on any atom is 0.355 e. The van der Waals surface area contributed by atoms with Crippen LogP contribution in [0, 0.1) is 17.0 Å². The molecule has 0 unspecified atom stereocenters. The van der Waals surface area contributed by atoms with Crippen LogP contribution in [0.4, 0.5) is 16.2 Å². The monoisotopic (exact) mass is 420 g/mol. The number of ether oxygens (including phenoxy) is 1. The van der Waals surface area contributed by atoms with Gasteiger partial charge in [-0.1, -0.05) is 18.2 Å². The zero-order valence-corrected chi connectivity index (χ0v) is 16.9. The van der Waals surface area contributed by atoms with E-state index < -0.39 is 4.92 Å². The lowest BCUT2D eigenvalue weighted by Crippen LogP contribution is -2.38. The number of benzene rings is 2. The van der Waals surface area contributed by atoms with Crippen LogP contribution in [0.1, 0.15) is 11.1 Å². The van der Waals surface area contributed by atoms with Crippen molar-refractivity contribution in [2.24, 2.45) is 0 Å². The van der Waals surface area contributed by atoms with Gasteiger partial charge in [-0.05, 0) is 36.8 Å². The van der Waals surface area contributed by atoms with Crippen molar-refractivity contribution in [3.05, 3.63) is 81.9 Å². The normalized spacial score (nSPS) is 13.5. The number of amides is 2. The fourth-order valence-electron chi connectivity index (χ4n) is 3.17. The number of nitrogens with zero attached hydrogens (tertiary/aromatic N) is 4. The topological polar surface area (TPSA) is 113 Å². The van der Waals surface area contributed by atoms with E-state index in [4.69, 9.17) is 4.74 Å². The van der Waals surface area contributed by atoms with E-state index in [9.17, 15) is 14.9 Å². The standard InChI is InChI=1S/C21H20N6O4/c1-14-5-3-7-19(26-21(28)25(2)23-24-26)17(14)13-31-20-8-4-6-18(22-20)15-9-11-16(12-10-15)27(29)30/h3-12,23-24H,13H2,1-2H3. The Kier molecular flexibility index (Phi) is 5.48. The average molecular weight is 420 g/mol. The van der Waals surface area contributed by atoms with E-state index in [1.807, 2.05) is 37.3 Å². The summed E-state index contributed by atoms with van der Waals surface area (Å²) in [5.74, 6) is 0.404. The third kappa shape index (κ3) is 4.15. The second kappa shape index (κ2) is 8.38. The van der Waals surface area contributed by atoms with Crippen LogP contribution in [0.25, 0.3) is 11.3 Å². The lowest BCUT2D eigenvalue weighted by atomic mass is 10.1. The van der Waals surface area contributed by atoms with Crippen LogP contribution in [-0.2, 0) is 6.61 Å². The van der Waals surface area contributed by atoms with Crippen LogP contribution in [0.5, 0.6) is 5.88 Å². The van der Waals surface area contributed by atoms with Gasteiger partial charge in [-0.3, -0.25) is 10.1 Å². The minimum Gasteiger partial charge on any atom is -0.473 e. The maximum atomic E-state index is 12.3. The summed E-state index contributed by atoms with van der Waals surface area (Å²) in [6.07, 6.45) is 0. The summed E-state index contributed by atoms with van der Waals surface area (Å²) in [5.41, 5.74) is 9.44. The fourth-order valence-corrected chi connectivity index (χ4v) is 3.17. The molecule has 31 heavy (non-hydrogen) atoms. The predicted molar refractivity (Wildman–Crippen MR) is 114 cm³/mol. The Morgan fingerprint density at radius 1 is 1.06 bits per heavy atom. The molecular formula is C21H20N6O4. The summed E-state index contributed by atoms with van der Waals surface area (Å²) in [4.78, 5) is 27.3. The van der Waals surface area contributed by atoms with Crippen LogP contribution >= 0.6 is 0 Å². The van der Waals surface area contributed by atoms with Gasteiger partial charge in [0.15, 0.2) is 0 Å². The minimum atomic E-state index is -0.441. The number of nitrogens with one attached hydrogen (secondary N) is 2. The molecule has 158 valence electrons. The van der Waals surface area contributed by atoms with E-state index in [1.165, 1.54) is 22.2 Å². The molecule has 4 rings (SSSR count). The molecule has 1 saturated heterocycles. The Hall–Kier alpha value is -4.02. The number of rotatable bonds is 6. The van der Waals surface area contributed by atoms with Crippen molar-refractivity contribution in [2.75, 3.05) is 12.1 Å². The lowest BCUT2D eigenvalue weighted by molar-refractivity contribution is -0.384. The molecule has 1 aromatic heterocycles. The molecule has 10 nitrogen and oxygen atoms in total. The maximum absolute atomic E-state index is 12.3. The molecule has 2 aromatic carbocycles. The van der Waals surface area contributed by atoms with Gasteiger partial charge in [0.05, 0.1) is 16.3 Å². The highest BCUT2D eigenvalue weighted by atomic mass is 16.6. The van der Waals surface area contributed by atoms with Gasteiger partial charge in [0.2, 0.25) is 5.88 Å². The smallest absolute Gasteiger partial charge is 0.355 e. The van der Waals surface area contributed by atoms with Gasteiger partial charge in [0, 0.05) is 36.4 Å². The zero-order valence-electron chi connectivity index (χ0n) is 16.9. The van der Waals surface area contributed by atoms with Crippen molar-refractivity contribution in [3.8, 4) is 17.1 Å². The van der Waals surface area contributed by atoms with Crippen LogP contribution in [0.2, 0.25) is 0 Å². The average Bonchev–Trinajstić information content (AvgIpc) is 3.11. The van der Waals surface area contributed by atoms with Crippen molar-refractivity contribution in [3.63, 3.8) is 0 Å². The lowest BCUT2D eigenvalue weighted by Gasteiger charge is -2.19. The van der Waals surface area contributed by atoms with Gasteiger partial charge in [-0.15, -0.1) is 11.1 Å². The van der Waals surface area contributed by atoms with Crippen molar-refractivity contribution in [1.29, 1.82) is 0 Å². The van der Waals surface area contributed by atoms with Gasteiger partial charge in [0.1, 0.15) is 6.61 Å². The Morgan fingerprint density at radius 2 is 1.81 bits per heavy atom. The quantitative estimate of drug-likeness (QED) is 0.464. The molecule has 2 N–H and O–H groups in total. The number of aromatic nitrogens is 1.